The van der Waals surface area contributed by atoms with Crippen LogP contribution in [0.25, 0.3) is 0 Å². The standard InChI is InChI=1S/C9H16BrN3S/c1-8-11-12-9(13(8)2)14-7-5-3-4-6-10/h3-7H2,1-2H3. The number of aryl methyl sites for hydroxylation is 1. The summed E-state index contributed by atoms with van der Waals surface area (Å²) in [6.45, 7) is 1.97. The summed E-state index contributed by atoms with van der Waals surface area (Å²) < 4.78 is 2.04. The van der Waals surface area contributed by atoms with E-state index in [9.17, 15) is 0 Å². The van der Waals surface area contributed by atoms with Crippen molar-refractivity contribution in [1.82, 2.24) is 14.8 Å². The molecule has 0 N–H and O–H groups in total. The molecule has 0 saturated carbocycles. The maximum atomic E-state index is 4.10. The van der Waals surface area contributed by atoms with E-state index in [1.165, 1.54) is 19.3 Å². The zero-order valence-electron chi connectivity index (χ0n) is 8.66. The van der Waals surface area contributed by atoms with Crippen molar-refractivity contribution in [1.29, 1.82) is 0 Å². The fourth-order valence-electron chi connectivity index (χ4n) is 1.05. The maximum absolute atomic E-state index is 4.10. The van der Waals surface area contributed by atoms with Gasteiger partial charge >= 0.3 is 0 Å². The van der Waals surface area contributed by atoms with Gasteiger partial charge in [0.25, 0.3) is 0 Å². The lowest BCUT2D eigenvalue weighted by molar-refractivity contribution is 0.757. The molecule has 80 valence electrons. The summed E-state index contributed by atoms with van der Waals surface area (Å²) in [5, 5.41) is 10.3. The van der Waals surface area contributed by atoms with Crippen LogP contribution in [0.2, 0.25) is 0 Å². The van der Waals surface area contributed by atoms with Crippen LogP contribution in [0.1, 0.15) is 25.1 Å². The molecular formula is C9H16BrN3S. The Morgan fingerprint density at radius 3 is 2.64 bits per heavy atom. The van der Waals surface area contributed by atoms with Gasteiger partial charge in [-0.1, -0.05) is 34.1 Å². The molecule has 0 radical (unpaired) electrons. The topological polar surface area (TPSA) is 30.7 Å². The summed E-state index contributed by atoms with van der Waals surface area (Å²) in [6, 6.07) is 0. The second-order valence-electron chi connectivity index (χ2n) is 3.19. The van der Waals surface area contributed by atoms with Gasteiger partial charge in [0.15, 0.2) is 5.16 Å². The van der Waals surface area contributed by atoms with E-state index in [1.54, 1.807) is 11.8 Å². The molecular weight excluding hydrogens is 262 g/mol. The van der Waals surface area contributed by atoms with Crippen LogP contribution < -0.4 is 0 Å². The summed E-state index contributed by atoms with van der Waals surface area (Å²) in [5.41, 5.74) is 0. The Kier molecular flexibility index (Phi) is 5.55. The molecule has 0 atom stereocenters. The lowest BCUT2D eigenvalue weighted by atomic mass is 10.3. The third kappa shape index (κ3) is 3.61. The lowest BCUT2D eigenvalue weighted by Crippen LogP contribution is -1.94. The number of aromatic nitrogens is 3. The minimum Gasteiger partial charge on any atom is -0.309 e. The molecule has 1 rings (SSSR count). The zero-order valence-corrected chi connectivity index (χ0v) is 11.1. The summed E-state index contributed by atoms with van der Waals surface area (Å²) >= 11 is 5.22. The first-order chi connectivity index (χ1) is 6.75. The van der Waals surface area contributed by atoms with E-state index < -0.39 is 0 Å². The second kappa shape index (κ2) is 6.45. The number of alkyl halides is 1. The van der Waals surface area contributed by atoms with E-state index in [0.717, 1.165) is 22.1 Å². The van der Waals surface area contributed by atoms with Crippen molar-refractivity contribution < 1.29 is 0 Å². The fraction of sp³-hybridized carbons (Fsp3) is 0.778. The fourth-order valence-corrected chi connectivity index (χ4v) is 2.40. The number of thioether (sulfide) groups is 1. The molecule has 0 unspecified atom stereocenters. The predicted molar refractivity (Wildman–Crippen MR) is 64.1 cm³/mol. The average Bonchev–Trinajstić information content (AvgIpc) is 2.49. The van der Waals surface area contributed by atoms with Crippen LogP contribution in [-0.2, 0) is 7.05 Å². The minimum atomic E-state index is 0.980. The lowest BCUT2D eigenvalue weighted by Gasteiger charge is -2.00. The van der Waals surface area contributed by atoms with Crippen molar-refractivity contribution in [3.8, 4) is 0 Å². The largest absolute Gasteiger partial charge is 0.309 e. The van der Waals surface area contributed by atoms with Crippen LogP contribution >= 0.6 is 27.7 Å². The summed E-state index contributed by atoms with van der Waals surface area (Å²) in [6.07, 6.45) is 3.80. The van der Waals surface area contributed by atoms with Gasteiger partial charge in [0.2, 0.25) is 0 Å². The van der Waals surface area contributed by atoms with E-state index in [-0.39, 0.29) is 0 Å². The number of hydrogen-bond donors (Lipinski definition) is 0. The smallest absolute Gasteiger partial charge is 0.190 e. The number of nitrogens with zero attached hydrogens (tertiary/aromatic N) is 3. The molecule has 1 aromatic rings. The van der Waals surface area contributed by atoms with E-state index >= 15 is 0 Å². The van der Waals surface area contributed by atoms with Gasteiger partial charge in [0, 0.05) is 18.1 Å². The van der Waals surface area contributed by atoms with Crippen LogP contribution in [0.15, 0.2) is 5.16 Å². The van der Waals surface area contributed by atoms with Crippen molar-refractivity contribution in [3.63, 3.8) is 0 Å². The quantitative estimate of drug-likeness (QED) is 0.455. The molecule has 0 fully saturated rings. The highest BCUT2D eigenvalue weighted by molar-refractivity contribution is 9.09. The van der Waals surface area contributed by atoms with Crippen LogP contribution in [0.4, 0.5) is 0 Å². The van der Waals surface area contributed by atoms with Crippen LogP contribution in [0.3, 0.4) is 0 Å². The number of rotatable bonds is 6. The highest BCUT2D eigenvalue weighted by Crippen LogP contribution is 2.17. The Labute approximate surface area is 97.8 Å². The molecule has 1 aromatic heterocycles. The van der Waals surface area contributed by atoms with Crippen molar-refractivity contribution >= 4 is 27.7 Å². The second-order valence-corrected chi connectivity index (χ2v) is 5.04. The summed E-state index contributed by atoms with van der Waals surface area (Å²) in [5.74, 6) is 2.12. The van der Waals surface area contributed by atoms with Crippen molar-refractivity contribution in [3.05, 3.63) is 5.82 Å². The minimum absolute atomic E-state index is 0.980. The number of hydrogen-bond acceptors (Lipinski definition) is 3. The van der Waals surface area contributed by atoms with Gasteiger partial charge in [-0.25, -0.2) is 0 Å². The van der Waals surface area contributed by atoms with Crippen molar-refractivity contribution in [2.75, 3.05) is 11.1 Å². The van der Waals surface area contributed by atoms with Crippen molar-refractivity contribution in [2.45, 2.75) is 31.3 Å². The molecule has 0 aliphatic heterocycles. The van der Waals surface area contributed by atoms with Gasteiger partial charge in [-0.2, -0.15) is 0 Å². The Morgan fingerprint density at radius 2 is 2.07 bits per heavy atom. The Morgan fingerprint density at radius 1 is 1.29 bits per heavy atom. The molecule has 0 aromatic carbocycles. The molecule has 1 heterocycles. The maximum Gasteiger partial charge on any atom is 0.190 e. The third-order valence-electron chi connectivity index (χ3n) is 2.06. The van der Waals surface area contributed by atoms with Crippen LogP contribution in [0.5, 0.6) is 0 Å². The van der Waals surface area contributed by atoms with E-state index in [1.807, 2.05) is 18.5 Å². The van der Waals surface area contributed by atoms with Gasteiger partial charge in [-0.15, -0.1) is 10.2 Å². The predicted octanol–water partition coefficient (Wildman–Crippen LogP) is 2.78. The van der Waals surface area contributed by atoms with E-state index in [0.29, 0.717) is 0 Å². The Hall–Kier alpha value is -0.0300. The van der Waals surface area contributed by atoms with E-state index in [4.69, 9.17) is 0 Å². The summed E-state index contributed by atoms with van der Waals surface area (Å²) in [7, 11) is 2.01. The van der Waals surface area contributed by atoms with Gasteiger partial charge in [0.05, 0.1) is 0 Å². The molecule has 0 spiro atoms. The van der Waals surface area contributed by atoms with Crippen LogP contribution in [-0.4, -0.2) is 25.8 Å². The van der Waals surface area contributed by atoms with Crippen LogP contribution in [0, 0.1) is 6.92 Å². The van der Waals surface area contributed by atoms with Gasteiger partial charge in [-0.05, 0) is 19.8 Å². The first kappa shape index (κ1) is 12.0. The molecule has 0 aliphatic rings. The zero-order chi connectivity index (χ0) is 10.4. The number of unbranched alkanes of at least 4 members (excludes halogenated alkanes) is 2. The van der Waals surface area contributed by atoms with Gasteiger partial charge in [0.1, 0.15) is 5.82 Å². The third-order valence-corrected chi connectivity index (χ3v) is 3.73. The highest BCUT2D eigenvalue weighted by atomic mass is 79.9. The van der Waals surface area contributed by atoms with Gasteiger partial charge < -0.3 is 4.57 Å². The molecule has 5 heteroatoms. The highest BCUT2D eigenvalue weighted by Gasteiger charge is 2.04. The average molecular weight is 278 g/mol. The molecule has 3 nitrogen and oxygen atoms in total. The first-order valence-electron chi connectivity index (χ1n) is 4.80. The SMILES string of the molecule is Cc1nnc(SCCCCCBr)n1C. The number of halogens is 1. The molecule has 0 bridgehead atoms. The Bertz CT molecular complexity index is 275. The molecule has 0 aliphatic carbocycles. The molecule has 14 heavy (non-hydrogen) atoms. The van der Waals surface area contributed by atoms with Gasteiger partial charge in [-0.3, -0.25) is 0 Å². The summed E-state index contributed by atoms with van der Waals surface area (Å²) in [4.78, 5) is 0. The first-order valence-corrected chi connectivity index (χ1v) is 6.91. The van der Waals surface area contributed by atoms with Crippen molar-refractivity contribution in [2.24, 2.45) is 7.05 Å². The normalized spacial score (nSPS) is 10.8. The van der Waals surface area contributed by atoms with E-state index in [2.05, 4.69) is 26.1 Å². The Balaban J connectivity index is 2.21. The monoisotopic (exact) mass is 277 g/mol. The molecule has 0 amide bonds. The molecule has 0 saturated heterocycles.